The van der Waals surface area contributed by atoms with Crippen molar-refractivity contribution in [3.8, 4) is 0 Å². The lowest BCUT2D eigenvalue weighted by Gasteiger charge is -2.46. The monoisotopic (exact) mass is 588 g/mol. The number of carbonyl (C=O) groups is 2. The van der Waals surface area contributed by atoms with Gasteiger partial charge in [-0.05, 0) is 81.6 Å². The number of aliphatic hydroxyl groups excluding tert-OH is 1. The van der Waals surface area contributed by atoms with E-state index in [0.717, 1.165) is 82.4 Å². The smallest absolute Gasteiger partial charge is 0.302 e. The first-order valence-corrected chi connectivity index (χ1v) is 17.6. The molecule has 10 heteroatoms. The first-order chi connectivity index (χ1) is 18.8. The number of rotatable bonds is 12. The Hall–Kier alpha value is -0.520. The third-order valence-electron chi connectivity index (χ3n) is 8.84. The molecule has 8 nitrogen and oxygen atoms in total. The Bertz CT molecular complexity index is 747. The second-order valence-corrected chi connectivity index (χ2v) is 14.3. The zero-order chi connectivity index (χ0) is 28.2. The number of nitrogens with one attached hydrogen (secondary N) is 2. The quantitative estimate of drug-likeness (QED) is 0.166. The zero-order valence-corrected chi connectivity index (χ0v) is 26.0. The number of ether oxygens (including phenoxy) is 3. The summed E-state index contributed by atoms with van der Waals surface area (Å²) >= 11 is 0. The summed E-state index contributed by atoms with van der Waals surface area (Å²) < 4.78 is 17.3. The maximum absolute atomic E-state index is 12.0. The van der Waals surface area contributed by atoms with Gasteiger partial charge < -0.3 is 24.6 Å². The molecule has 0 aromatic carbocycles. The Kier molecular flexibility index (Phi) is 14.8. The molecule has 3 aliphatic rings. The molecular weight excluding hydrogens is 536 g/mol. The average Bonchev–Trinajstić information content (AvgIpc) is 2.91. The number of fused-ring (bicyclic) bond motifs is 3. The Morgan fingerprint density at radius 2 is 1.72 bits per heavy atom. The highest BCUT2D eigenvalue weighted by atomic mass is 33.1. The molecule has 0 aromatic rings. The van der Waals surface area contributed by atoms with E-state index >= 15 is 0 Å². The van der Waals surface area contributed by atoms with Crippen LogP contribution in [0.5, 0.6) is 0 Å². The first kappa shape index (κ1) is 33.0. The minimum Gasteiger partial charge on any atom is -0.462 e. The van der Waals surface area contributed by atoms with Gasteiger partial charge in [0.15, 0.2) is 0 Å². The average molecular weight is 589 g/mol. The number of hydrogen-bond acceptors (Lipinski definition) is 10. The largest absolute Gasteiger partial charge is 0.462 e. The number of aliphatic hydroxyl groups is 1. The van der Waals surface area contributed by atoms with Gasteiger partial charge in [-0.15, -0.1) is 0 Å². The number of hydrogen-bond donors (Lipinski definition) is 3. The molecule has 2 saturated heterocycles. The maximum Gasteiger partial charge on any atom is 0.302 e. The van der Waals surface area contributed by atoms with Crippen molar-refractivity contribution >= 4 is 33.5 Å². The third-order valence-corrected chi connectivity index (χ3v) is 11.1. The van der Waals surface area contributed by atoms with Crippen molar-refractivity contribution in [2.75, 3.05) is 25.3 Å². The summed E-state index contributed by atoms with van der Waals surface area (Å²) in [5, 5.41) is 18.7. The maximum atomic E-state index is 12.0. The van der Waals surface area contributed by atoms with Gasteiger partial charge in [0, 0.05) is 33.1 Å². The van der Waals surface area contributed by atoms with Crippen molar-refractivity contribution in [2.45, 2.75) is 122 Å². The molecule has 0 spiro atoms. The van der Waals surface area contributed by atoms with Crippen LogP contribution >= 0.6 is 21.6 Å². The molecule has 2 aliphatic heterocycles. The number of esters is 2. The van der Waals surface area contributed by atoms with Crippen LogP contribution in [0, 0.1) is 23.7 Å². The molecule has 3 fully saturated rings. The van der Waals surface area contributed by atoms with E-state index in [4.69, 9.17) is 14.2 Å². The van der Waals surface area contributed by atoms with Crippen LogP contribution in [0.1, 0.15) is 91.4 Å². The van der Waals surface area contributed by atoms with Crippen molar-refractivity contribution in [1.82, 2.24) is 10.6 Å². The van der Waals surface area contributed by atoms with E-state index in [1.54, 1.807) is 7.11 Å². The van der Waals surface area contributed by atoms with E-state index in [0.29, 0.717) is 30.3 Å². The fourth-order valence-electron chi connectivity index (χ4n) is 6.92. The van der Waals surface area contributed by atoms with Crippen LogP contribution in [-0.4, -0.2) is 72.9 Å². The molecule has 2 bridgehead atoms. The van der Waals surface area contributed by atoms with Gasteiger partial charge in [-0.1, -0.05) is 41.4 Å². The van der Waals surface area contributed by atoms with Crippen LogP contribution in [0.4, 0.5) is 0 Å². The highest BCUT2D eigenvalue weighted by Gasteiger charge is 2.45. The number of piperidine rings is 1. The number of unbranched alkanes of at least 4 members (excludes halogenated alkanes) is 2. The molecule has 0 radical (unpaired) electrons. The van der Waals surface area contributed by atoms with Crippen LogP contribution < -0.4 is 10.6 Å². The molecule has 1 aliphatic carbocycles. The predicted molar refractivity (Wildman–Crippen MR) is 158 cm³/mol. The number of methoxy groups -OCH3 is 1. The SMILES string of the molecule is CCCCC[C@@H](C[C@@H](CCC1CC(OC)C(O)C2CC3CCNC(C3)NCSSCC12)OC(C)=O)OC(C)=O. The fourth-order valence-corrected chi connectivity index (χ4v) is 9.26. The molecule has 3 rings (SSSR count). The van der Waals surface area contributed by atoms with E-state index in [1.807, 2.05) is 21.6 Å². The highest BCUT2D eigenvalue weighted by molar-refractivity contribution is 8.76. The van der Waals surface area contributed by atoms with E-state index in [1.165, 1.54) is 13.8 Å². The number of carbonyl (C=O) groups excluding carboxylic acids is 2. The molecule has 0 aromatic heterocycles. The van der Waals surface area contributed by atoms with Crippen molar-refractivity contribution in [2.24, 2.45) is 23.7 Å². The summed E-state index contributed by atoms with van der Waals surface area (Å²) in [5.74, 6) is 2.84. The molecule has 1 saturated carbocycles. The van der Waals surface area contributed by atoms with E-state index < -0.39 is 6.10 Å². The fraction of sp³-hybridized carbons (Fsp3) is 0.931. The van der Waals surface area contributed by atoms with Crippen molar-refractivity contribution in [3.05, 3.63) is 0 Å². The van der Waals surface area contributed by atoms with Crippen molar-refractivity contribution < 1.29 is 28.9 Å². The third kappa shape index (κ3) is 11.0. The Balaban J connectivity index is 1.73. The minimum atomic E-state index is -0.458. The molecule has 3 N–H and O–H groups in total. The van der Waals surface area contributed by atoms with Crippen LogP contribution in [-0.2, 0) is 23.8 Å². The Labute approximate surface area is 243 Å². The zero-order valence-electron chi connectivity index (χ0n) is 24.4. The Morgan fingerprint density at radius 3 is 2.41 bits per heavy atom. The lowest BCUT2D eigenvalue weighted by Crippen LogP contribution is -2.51. The molecule has 39 heavy (non-hydrogen) atoms. The van der Waals surface area contributed by atoms with Crippen LogP contribution in [0.25, 0.3) is 0 Å². The summed E-state index contributed by atoms with van der Waals surface area (Å²) in [5.41, 5.74) is 0. The van der Waals surface area contributed by atoms with Gasteiger partial charge in [-0.2, -0.15) is 0 Å². The highest BCUT2D eigenvalue weighted by Crippen LogP contribution is 2.46. The van der Waals surface area contributed by atoms with Gasteiger partial charge >= 0.3 is 11.9 Å². The van der Waals surface area contributed by atoms with Gasteiger partial charge in [0.1, 0.15) is 12.2 Å². The molecule has 0 amide bonds. The van der Waals surface area contributed by atoms with E-state index in [9.17, 15) is 14.7 Å². The lowest BCUT2D eigenvalue weighted by atomic mass is 9.65. The molecule has 2 heterocycles. The molecule has 9 atom stereocenters. The Morgan fingerprint density at radius 1 is 0.974 bits per heavy atom. The van der Waals surface area contributed by atoms with Gasteiger partial charge in [0.05, 0.1) is 24.3 Å². The predicted octanol–water partition coefficient (Wildman–Crippen LogP) is 4.89. The van der Waals surface area contributed by atoms with Gasteiger partial charge in [0.2, 0.25) is 0 Å². The van der Waals surface area contributed by atoms with Crippen molar-refractivity contribution in [1.29, 1.82) is 0 Å². The standard InChI is InChI=1S/C29H52N2O6S2/c1-5-6-7-8-23(36-19(2)32)16-24(37-20(3)33)10-9-22-15-27(35-4)29(34)25-13-21-11-12-30-28(14-21)31-18-39-38-17-26(22)25/h21-31,34H,5-18H2,1-4H3/t21?,22?,23-,24+,25?,26?,27?,28?,29?/m0/s1. The molecule has 226 valence electrons. The van der Waals surface area contributed by atoms with E-state index in [-0.39, 0.29) is 36.2 Å². The molecular formula is C29H52N2O6S2. The van der Waals surface area contributed by atoms with Crippen LogP contribution in [0.15, 0.2) is 0 Å². The second-order valence-electron chi connectivity index (χ2n) is 11.7. The summed E-state index contributed by atoms with van der Waals surface area (Å²) in [6, 6.07) is 0. The minimum absolute atomic E-state index is 0.176. The van der Waals surface area contributed by atoms with Gasteiger partial charge in [0.25, 0.3) is 0 Å². The second kappa shape index (κ2) is 17.4. The topological polar surface area (TPSA) is 106 Å². The normalized spacial score (nSPS) is 33.2. The molecule has 7 unspecified atom stereocenters. The lowest BCUT2D eigenvalue weighted by molar-refractivity contribution is -0.153. The summed E-state index contributed by atoms with van der Waals surface area (Å²) in [6.45, 7) is 6.07. The summed E-state index contributed by atoms with van der Waals surface area (Å²) in [7, 11) is 5.48. The van der Waals surface area contributed by atoms with Crippen LogP contribution in [0.3, 0.4) is 0 Å². The summed E-state index contributed by atoms with van der Waals surface area (Å²) in [4.78, 5) is 23.8. The van der Waals surface area contributed by atoms with Crippen molar-refractivity contribution in [3.63, 3.8) is 0 Å². The summed E-state index contributed by atoms with van der Waals surface area (Å²) in [6.07, 6.45) is 9.35. The van der Waals surface area contributed by atoms with Gasteiger partial charge in [-0.25, -0.2) is 0 Å². The first-order valence-electron chi connectivity index (χ1n) is 15.1. The van der Waals surface area contributed by atoms with Crippen LogP contribution in [0.2, 0.25) is 0 Å². The van der Waals surface area contributed by atoms with E-state index in [2.05, 4.69) is 17.6 Å². The van der Waals surface area contributed by atoms with Gasteiger partial charge in [-0.3, -0.25) is 14.9 Å².